The molecule has 1 aromatic heterocycles. The number of pyridine rings is 1. The lowest BCUT2D eigenvalue weighted by Crippen LogP contribution is -2.25. The first-order valence-electron chi connectivity index (χ1n) is 7.28. The highest BCUT2D eigenvalue weighted by Gasteiger charge is 2.38. The summed E-state index contributed by atoms with van der Waals surface area (Å²) in [6.07, 6.45) is 2.55. The molecule has 4 nitrogen and oxygen atoms in total. The van der Waals surface area contributed by atoms with E-state index in [-0.39, 0.29) is 17.6 Å². The number of nitrogens with zero attached hydrogens (tertiary/aromatic N) is 1. The fourth-order valence-corrected chi connectivity index (χ4v) is 2.29. The van der Waals surface area contributed by atoms with Crippen LogP contribution < -0.4 is 10.1 Å². The number of rotatable bonds is 5. The number of hydrogen-bond acceptors (Lipinski definition) is 3. The highest BCUT2D eigenvalue weighted by molar-refractivity contribution is 5.81. The standard InChI is InChI=1S/C17H17FN2O2/c1-11-8-15(11)16(21)20-10-12-4-3-7-19-17(12)22-14-6-2-5-13(18)9-14/h2-7,9,11,15H,8,10H2,1H3,(H,20,21)/t11-,15+/m1/s1. The number of aromatic nitrogens is 1. The first-order valence-corrected chi connectivity index (χ1v) is 7.28. The molecular weight excluding hydrogens is 283 g/mol. The second-order valence-corrected chi connectivity index (χ2v) is 5.56. The van der Waals surface area contributed by atoms with Gasteiger partial charge in [0.15, 0.2) is 0 Å². The van der Waals surface area contributed by atoms with Crippen molar-refractivity contribution in [1.82, 2.24) is 10.3 Å². The van der Waals surface area contributed by atoms with Crippen molar-refractivity contribution in [3.05, 3.63) is 54.0 Å². The lowest BCUT2D eigenvalue weighted by atomic mass is 10.2. The first-order chi connectivity index (χ1) is 10.6. The van der Waals surface area contributed by atoms with Gasteiger partial charge in [-0.25, -0.2) is 9.37 Å². The fourth-order valence-electron chi connectivity index (χ4n) is 2.29. The Balaban J connectivity index is 1.68. The summed E-state index contributed by atoms with van der Waals surface area (Å²) in [7, 11) is 0. The summed E-state index contributed by atoms with van der Waals surface area (Å²) in [5, 5.41) is 2.90. The molecule has 1 fully saturated rings. The van der Waals surface area contributed by atoms with E-state index >= 15 is 0 Å². The van der Waals surface area contributed by atoms with Gasteiger partial charge >= 0.3 is 0 Å². The number of halogens is 1. The van der Waals surface area contributed by atoms with Gasteiger partial charge in [-0.05, 0) is 30.5 Å². The van der Waals surface area contributed by atoms with E-state index < -0.39 is 0 Å². The summed E-state index contributed by atoms with van der Waals surface area (Å²) in [5.74, 6) is 1.04. The van der Waals surface area contributed by atoms with E-state index in [0.29, 0.717) is 24.1 Å². The molecule has 1 N–H and O–H groups in total. The molecule has 1 aromatic carbocycles. The SMILES string of the molecule is C[C@@H]1C[C@@H]1C(=O)NCc1cccnc1Oc1cccc(F)c1. The van der Waals surface area contributed by atoms with Crippen molar-refractivity contribution >= 4 is 5.91 Å². The quantitative estimate of drug-likeness (QED) is 0.922. The Morgan fingerprint density at radius 2 is 2.23 bits per heavy atom. The number of carbonyl (C=O) groups excluding carboxylic acids is 1. The molecular formula is C17H17FN2O2. The van der Waals surface area contributed by atoms with Crippen LogP contribution in [0.4, 0.5) is 4.39 Å². The number of amides is 1. The second kappa shape index (κ2) is 6.13. The molecule has 0 unspecified atom stereocenters. The number of nitrogens with one attached hydrogen (secondary N) is 1. The van der Waals surface area contributed by atoms with Crippen molar-refractivity contribution in [3.63, 3.8) is 0 Å². The minimum absolute atomic E-state index is 0.0630. The van der Waals surface area contributed by atoms with Gasteiger partial charge in [-0.15, -0.1) is 0 Å². The van der Waals surface area contributed by atoms with Gasteiger partial charge in [0.2, 0.25) is 11.8 Å². The van der Waals surface area contributed by atoms with Crippen molar-refractivity contribution in [2.75, 3.05) is 0 Å². The highest BCUT2D eigenvalue weighted by Crippen LogP contribution is 2.37. The maximum atomic E-state index is 13.2. The van der Waals surface area contributed by atoms with Gasteiger partial charge in [0.1, 0.15) is 11.6 Å². The van der Waals surface area contributed by atoms with Gasteiger partial charge in [-0.2, -0.15) is 0 Å². The van der Waals surface area contributed by atoms with Crippen molar-refractivity contribution in [2.45, 2.75) is 19.9 Å². The van der Waals surface area contributed by atoms with Crippen molar-refractivity contribution in [2.24, 2.45) is 11.8 Å². The predicted molar refractivity (Wildman–Crippen MR) is 79.8 cm³/mol. The minimum atomic E-state index is -0.369. The van der Waals surface area contributed by atoms with Crippen LogP contribution >= 0.6 is 0 Å². The largest absolute Gasteiger partial charge is 0.439 e. The van der Waals surface area contributed by atoms with E-state index in [2.05, 4.69) is 17.2 Å². The molecule has 1 heterocycles. The van der Waals surface area contributed by atoms with Gasteiger partial charge in [0, 0.05) is 30.3 Å². The Kier molecular flexibility index (Phi) is 4.04. The van der Waals surface area contributed by atoms with Crippen molar-refractivity contribution < 1.29 is 13.9 Å². The Labute approximate surface area is 128 Å². The molecule has 2 atom stereocenters. The van der Waals surface area contributed by atoms with E-state index in [1.165, 1.54) is 12.1 Å². The Hall–Kier alpha value is -2.43. The average molecular weight is 300 g/mol. The van der Waals surface area contributed by atoms with Gasteiger partial charge in [-0.3, -0.25) is 4.79 Å². The monoisotopic (exact) mass is 300 g/mol. The summed E-state index contributed by atoms with van der Waals surface area (Å²) in [6.45, 7) is 2.41. The third-order valence-corrected chi connectivity index (χ3v) is 3.76. The average Bonchev–Trinajstić information content (AvgIpc) is 3.23. The maximum Gasteiger partial charge on any atom is 0.224 e. The van der Waals surface area contributed by atoms with E-state index in [1.54, 1.807) is 24.4 Å². The molecule has 0 aliphatic heterocycles. The zero-order chi connectivity index (χ0) is 15.5. The molecule has 2 aromatic rings. The smallest absolute Gasteiger partial charge is 0.224 e. The number of ether oxygens (including phenoxy) is 1. The van der Waals surface area contributed by atoms with E-state index in [4.69, 9.17) is 4.74 Å². The Morgan fingerprint density at radius 1 is 1.41 bits per heavy atom. The normalized spacial score (nSPS) is 19.5. The topological polar surface area (TPSA) is 51.2 Å². The third kappa shape index (κ3) is 3.42. The van der Waals surface area contributed by atoms with Crippen LogP contribution in [-0.4, -0.2) is 10.9 Å². The highest BCUT2D eigenvalue weighted by atomic mass is 19.1. The molecule has 0 radical (unpaired) electrons. The molecule has 1 amide bonds. The molecule has 0 saturated heterocycles. The molecule has 114 valence electrons. The lowest BCUT2D eigenvalue weighted by molar-refractivity contribution is -0.122. The van der Waals surface area contributed by atoms with E-state index in [0.717, 1.165) is 12.0 Å². The van der Waals surface area contributed by atoms with Crippen LogP contribution in [-0.2, 0) is 11.3 Å². The number of benzene rings is 1. The summed E-state index contributed by atoms with van der Waals surface area (Å²) >= 11 is 0. The summed E-state index contributed by atoms with van der Waals surface area (Å²) in [4.78, 5) is 16.0. The molecule has 0 spiro atoms. The van der Waals surface area contributed by atoms with Gasteiger partial charge in [0.25, 0.3) is 0 Å². The molecule has 1 aliphatic rings. The van der Waals surface area contributed by atoms with Crippen LogP contribution in [0.25, 0.3) is 0 Å². The van der Waals surface area contributed by atoms with Crippen LogP contribution in [0.3, 0.4) is 0 Å². The molecule has 5 heteroatoms. The Bertz CT molecular complexity index is 690. The summed E-state index contributed by atoms with van der Waals surface area (Å²) < 4.78 is 18.8. The number of carbonyl (C=O) groups is 1. The second-order valence-electron chi connectivity index (χ2n) is 5.56. The maximum absolute atomic E-state index is 13.2. The van der Waals surface area contributed by atoms with Crippen molar-refractivity contribution in [3.8, 4) is 11.6 Å². The van der Waals surface area contributed by atoms with Gasteiger partial charge in [0.05, 0.1) is 0 Å². The van der Waals surface area contributed by atoms with Gasteiger partial charge < -0.3 is 10.1 Å². The molecule has 22 heavy (non-hydrogen) atoms. The zero-order valence-electron chi connectivity index (χ0n) is 12.3. The van der Waals surface area contributed by atoms with E-state index in [9.17, 15) is 9.18 Å². The molecule has 0 bridgehead atoms. The van der Waals surface area contributed by atoms with Crippen LogP contribution in [0.1, 0.15) is 18.9 Å². The summed E-state index contributed by atoms with van der Waals surface area (Å²) in [6, 6.07) is 9.49. The van der Waals surface area contributed by atoms with Crippen molar-refractivity contribution in [1.29, 1.82) is 0 Å². The van der Waals surface area contributed by atoms with Crippen LogP contribution in [0.2, 0.25) is 0 Å². The molecule has 1 aliphatic carbocycles. The zero-order valence-corrected chi connectivity index (χ0v) is 12.3. The van der Waals surface area contributed by atoms with Crippen LogP contribution in [0.15, 0.2) is 42.6 Å². The number of hydrogen-bond donors (Lipinski definition) is 1. The Morgan fingerprint density at radius 3 is 2.95 bits per heavy atom. The lowest BCUT2D eigenvalue weighted by Gasteiger charge is -2.10. The van der Waals surface area contributed by atoms with Crippen LogP contribution in [0.5, 0.6) is 11.6 Å². The minimum Gasteiger partial charge on any atom is -0.439 e. The van der Waals surface area contributed by atoms with Gasteiger partial charge in [-0.1, -0.05) is 19.1 Å². The fraction of sp³-hybridized carbons (Fsp3) is 0.294. The predicted octanol–water partition coefficient (Wildman–Crippen LogP) is 3.29. The summed E-state index contributed by atoms with van der Waals surface area (Å²) in [5.41, 5.74) is 0.758. The molecule has 1 saturated carbocycles. The third-order valence-electron chi connectivity index (χ3n) is 3.76. The first kappa shape index (κ1) is 14.5. The van der Waals surface area contributed by atoms with E-state index in [1.807, 2.05) is 6.07 Å². The van der Waals surface area contributed by atoms with Crippen LogP contribution in [0, 0.1) is 17.7 Å². The molecule has 3 rings (SSSR count).